The first-order valence-corrected chi connectivity index (χ1v) is 7.22. The second-order valence-electron chi connectivity index (χ2n) is 4.86. The Morgan fingerprint density at radius 3 is 2.58 bits per heavy atom. The second-order valence-corrected chi connectivity index (χ2v) is 5.80. The maximum atomic E-state index is 6.16. The van der Waals surface area contributed by atoms with Crippen LogP contribution < -0.4 is 5.73 Å². The van der Waals surface area contributed by atoms with Crippen LogP contribution in [0.4, 0.5) is 0 Å². The normalized spacial score (nSPS) is 14.6. The first kappa shape index (κ1) is 14.1. The van der Waals surface area contributed by atoms with Gasteiger partial charge in [0, 0.05) is 35.9 Å². The van der Waals surface area contributed by atoms with E-state index in [1.54, 1.807) is 11.3 Å². The average molecular weight is 276 g/mol. The molecule has 2 heterocycles. The molecule has 0 spiro atoms. The van der Waals surface area contributed by atoms with E-state index in [4.69, 9.17) is 5.73 Å². The molecule has 0 aliphatic heterocycles. The highest BCUT2D eigenvalue weighted by atomic mass is 32.1. The third-order valence-corrected chi connectivity index (χ3v) is 4.18. The summed E-state index contributed by atoms with van der Waals surface area (Å²) in [7, 11) is 2.10. The summed E-state index contributed by atoms with van der Waals surface area (Å²) >= 11 is 1.70. The molecule has 0 saturated carbocycles. The number of nitrogens with zero attached hydrogens (tertiary/aromatic N) is 3. The van der Waals surface area contributed by atoms with Crippen LogP contribution in [0.15, 0.2) is 30.0 Å². The molecule has 0 saturated heterocycles. The number of hydrogen-bond donors (Lipinski definition) is 1. The number of nitrogens with two attached hydrogens (primary N) is 1. The topological polar surface area (TPSA) is 55.0 Å². The summed E-state index contributed by atoms with van der Waals surface area (Å²) in [6.45, 7) is 4.96. The monoisotopic (exact) mass is 276 g/mol. The third-order valence-electron chi connectivity index (χ3n) is 3.26. The minimum Gasteiger partial charge on any atom is -0.326 e. The van der Waals surface area contributed by atoms with Gasteiger partial charge in [-0.15, -0.1) is 11.3 Å². The van der Waals surface area contributed by atoms with Crippen LogP contribution in [0.1, 0.15) is 29.1 Å². The van der Waals surface area contributed by atoms with Crippen LogP contribution in [0.25, 0.3) is 0 Å². The average Bonchev–Trinajstić information content (AvgIpc) is 2.76. The molecule has 4 nitrogen and oxygen atoms in total. The zero-order chi connectivity index (χ0) is 13.8. The summed E-state index contributed by atoms with van der Waals surface area (Å²) < 4.78 is 0. The molecule has 5 heteroatoms. The van der Waals surface area contributed by atoms with Crippen LogP contribution in [0.3, 0.4) is 0 Å². The molecular formula is C14H20N4S. The van der Waals surface area contributed by atoms with Crippen LogP contribution in [0.5, 0.6) is 0 Å². The lowest BCUT2D eigenvalue weighted by Gasteiger charge is -2.31. The third kappa shape index (κ3) is 3.37. The molecule has 2 aromatic rings. The molecule has 102 valence electrons. The van der Waals surface area contributed by atoms with Crippen molar-refractivity contribution in [3.05, 3.63) is 46.2 Å². The Balaban J connectivity index is 2.18. The van der Waals surface area contributed by atoms with E-state index < -0.39 is 0 Å². The predicted molar refractivity (Wildman–Crippen MR) is 78.9 cm³/mol. The van der Waals surface area contributed by atoms with Gasteiger partial charge in [0.2, 0.25) is 0 Å². The Kier molecular flexibility index (Phi) is 4.63. The lowest BCUT2D eigenvalue weighted by Crippen LogP contribution is -2.36. The van der Waals surface area contributed by atoms with E-state index in [0.29, 0.717) is 0 Å². The van der Waals surface area contributed by atoms with Gasteiger partial charge in [0.15, 0.2) is 0 Å². The van der Waals surface area contributed by atoms with Crippen molar-refractivity contribution in [2.75, 3.05) is 7.05 Å². The van der Waals surface area contributed by atoms with Crippen molar-refractivity contribution in [2.45, 2.75) is 32.5 Å². The van der Waals surface area contributed by atoms with Gasteiger partial charge in [-0.1, -0.05) is 0 Å². The zero-order valence-corrected chi connectivity index (χ0v) is 12.4. The molecule has 0 aliphatic rings. The first-order valence-electron chi connectivity index (χ1n) is 6.34. The van der Waals surface area contributed by atoms with Gasteiger partial charge in [-0.3, -0.25) is 9.88 Å². The molecule has 2 unspecified atom stereocenters. The predicted octanol–water partition coefficient (Wildman–Crippen LogP) is 2.37. The Hall–Kier alpha value is -1.30. The van der Waals surface area contributed by atoms with Crippen molar-refractivity contribution in [3.63, 3.8) is 0 Å². The molecule has 0 aliphatic carbocycles. The summed E-state index contributed by atoms with van der Waals surface area (Å²) in [6.07, 6.45) is 3.63. The van der Waals surface area contributed by atoms with Crippen LogP contribution in [0, 0.1) is 6.92 Å². The number of thiazole rings is 1. The molecule has 2 aromatic heterocycles. The number of aryl methyl sites for hydroxylation is 1. The first-order chi connectivity index (χ1) is 9.09. The fraction of sp³-hybridized carbons (Fsp3) is 0.429. The molecule has 2 atom stereocenters. The highest BCUT2D eigenvalue weighted by Gasteiger charge is 2.22. The van der Waals surface area contributed by atoms with Gasteiger partial charge in [-0.05, 0) is 38.6 Å². The van der Waals surface area contributed by atoms with E-state index in [1.807, 2.05) is 43.9 Å². The largest absolute Gasteiger partial charge is 0.326 e. The van der Waals surface area contributed by atoms with Crippen molar-refractivity contribution in [2.24, 2.45) is 5.73 Å². The Bertz CT molecular complexity index is 509. The lowest BCUT2D eigenvalue weighted by molar-refractivity contribution is 0.212. The highest BCUT2D eigenvalue weighted by molar-refractivity contribution is 7.09. The van der Waals surface area contributed by atoms with E-state index in [2.05, 4.69) is 21.9 Å². The van der Waals surface area contributed by atoms with Gasteiger partial charge in [0.05, 0.1) is 11.2 Å². The van der Waals surface area contributed by atoms with Gasteiger partial charge >= 0.3 is 0 Å². The molecule has 2 N–H and O–H groups in total. The summed E-state index contributed by atoms with van der Waals surface area (Å²) in [5, 5.41) is 0. The van der Waals surface area contributed by atoms with Gasteiger partial charge in [-0.25, -0.2) is 4.98 Å². The second kappa shape index (κ2) is 6.23. The molecule has 0 amide bonds. The summed E-state index contributed by atoms with van der Waals surface area (Å²) in [5.74, 6) is 0. The van der Waals surface area contributed by atoms with Crippen LogP contribution >= 0.6 is 11.3 Å². The fourth-order valence-corrected chi connectivity index (χ4v) is 3.16. The van der Waals surface area contributed by atoms with E-state index in [-0.39, 0.29) is 12.1 Å². The van der Waals surface area contributed by atoms with Crippen molar-refractivity contribution in [1.29, 1.82) is 0 Å². The number of hydrogen-bond acceptors (Lipinski definition) is 5. The highest BCUT2D eigenvalue weighted by Crippen LogP contribution is 2.25. The zero-order valence-electron chi connectivity index (χ0n) is 11.6. The van der Waals surface area contributed by atoms with Crippen molar-refractivity contribution < 1.29 is 0 Å². The van der Waals surface area contributed by atoms with E-state index >= 15 is 0 Å². The minimum atomic E-state index is 0.0561. The van der Waals surface area contributed by atoms with Crippen LogP contribution in [-0.2, 0) is 6.54 Å². The summed E-state index contributed by atoms with van der Waals surface area (Å²) in [4.78, 5) is 11.9. The Morgan fingerprint density at radius 2 is 2.05 bits per heavy atom. The number of rotatable bonds is 5. The van der Waals surface area contributed by atoms with E-state index in [1.165, 1.54) is 10.4 Å². The Labute approximate surface area is 118 Å². The van der Waals surface area contributed by atoms with Crippen molar-refractivity contribution in [3.8, 4) is 0 Å². The number of pyridine rings is 1. The summed E-state index contributed by atoms with van der Waals surface area (Å²) in [5.41, 5.74) is 10.4. The number of aromatic nitrogens is 2. The standard InChI is InChI=1S/C14H20N4S/c1-10(15)14(12-4-6-16-7-5-12)18(3)8-13-11(2)17-9-19-13/h4-7,9-10,14H,8,15H2,1-3H3. The Morgan fingerprint density at radius 1 is 1.37 bits per heavy atom. The van der Waals surface area contributed by atoms with Gasteiger partial charge < -0.3 is 5.73 Å². The maximum Gasteiger partial charge on any atom is 0.0798 e. The smallest absolute Gasteiger partial charge is 0.0798 e. The molecule has 0 aromatic carbocycles. The fourth-order valence-electron chi connectivity index (χ4n) is 2.32. The van der Waals surface area contributed by atoms with Crippen LogP contribution in [-0.4, -0.2) is 28.0 Å². The molecule has 0 fully saturated rings. The van der Waals surface area contributed by atoms with Crippen molar-refractivity contribution >= 4 is 11.3 Å². The SMILES string of the molecule is Cc1ncsc1CN(C)C(c1ccncc1)C(C)N. The lowest BCUT2D eigenvalue weighted by atomic mass is 10.0. The molecule has 0 bridgehead atoms. The van der Waals surface area contributed by atoms with Gasteiger partial charge in [-0.2, -0.15) is 0 Å². The van der Waals surface area contributed by atoms with E-state index in [0.717, 1.165) is 12.2 Å². The quantitative estimate of drug-likeness (QED) is 0.911. The molecule has 2 rings (SSSR count). The van der Waals surface area contributed by atoms with Gasteiger partial charge in [0.25, 0.3) is 0 Å². The molecule has 19 heavy (non-hydrogen) atoms. The van der Waals surface area contributed by atoms with Crippen molar-refractivity contribution in [1.82, 2.24) is 14.9 Å². The maximum absolute atomic E-state index is 6.16. The molecular weight excluding hydrogens is 256 g/mol. The van der Waals surface area contributed by atoms with E-state index in [9.17, 15) is 0 Å². The van der Waals surface area contributed by atoms with Crippen LogP contribution in [0.2, 0.25) is 0 Å². The summed E-state index contributed by atoms with van der Waals surface area (Å²) in [6, 6.07) is 4.30. The molecule has 0 radical (unpaired) electrons. The number of likely N-dealkylation sites (N-methyl/N-ethyl adjacent to an activating group) is 1. The van der Waals surface area contributed by atoms with Gasteiger partial charge in [0.1, 0.15) is 0 Å². The minimum absolute atomic E-state index is 0.0561.